The van der Waals surface area contributed by atoms with Gasteiger partial charge in [0.05, 0.1) is 17.7 Å². The fourth-order valence-corrected chi connectivity index (χ4v) is 5.45. The molecule has 0 atom stereocenters. The molecule has 3 aromatic carbocycles. The second-order valence-corrected chi connectivity index (χ2v) is 13.9. The molecule has 1 heterocycles. The summed E-state index contributed by atoms with van der Waals surface area (Å²) in [6.45, 7) is 11.0. The monoisotopic (exact) mass is 659 g/mol. The number of anilines is 3. The SMILES string of the molecule is C#CCNC(=O)/C(C#N)=C/c1ccc(-c2ccc(N(c3ccc(C(=O)OC(C)(C)C)cc3)c3ccc(C(=O)OC(C)(C)C)cc3)cc2)s1. The highest BCUT2D eigenvalue weighted by Gasteiger charge is 2.21. The van der Waals surface area contributed by atoms with E-state index < -0.39 is 29.0 Å². The first-order chi connectivity index (χ1) is 22.7. The van der Waals surface area contributed by atoms with Gasteiger partial charge in [-0.3, -0.25) is 4.79 Å². The highest BCUT2D eigenvalue weighted by Crippen LogP contribution is 2.37. The fourth-order valence-electron chi connectivity index (χ4n) is 4.49. The largest absolute Gasteiger partial charge is 0.456 e. The predicted octanol–water partition coefficient (Wildman–Crippen LogP) is 8.45. The Balaban J connectivity index is 1.66. The van der Waals surface area contributed by atoms with E-state index in [-0.39, 0.29) is 12.1 Å². The number of carbonyl (C=O) groups excluding carboxylic acids is 3. The molecule has 1 amide bonds. The lowest BCUT2D eigenvalue weighted by Gasteiger charge is -2.26. The minimum atomic E-state index is -0.617. The second-order valence-electron chi connectivity index (χ2n) is 12.7. The summed E-state index contributed by atoms with van der Waals surface area (Å²) in [5.41, 5.74) is 2.95. The fraction of sp³-hybridized carbons (Fsp3) is 0.231. The number of esters is 2. The highest BCUT2D eigenvalue weighted by atomic mass is 32.1. The normalized spacial score (nSPS) is 11.5. The third kappa shape index (κ3) is 9.45. The molecule has 9 heteroatoms. The molecule has 0 aliphatic heterocycles. The molecular formula is C39H37N3O5S. The molecule has 0 spiro atoms. The summed E-state index contributed by atoms with van der Waals surface area (Å²) in [6, 6.07) is 27.9. The van der Waals surface area contributed by atoms with Gasteiger partial charge < -0.3 is 19.7 Å². The van der Waals surface area contributed by atoms with E-state index in [0.29, 0.717) is 11.1 Å². The number of nitrogens with one attached hydrogen (secondary N) is 1. The zero-order chi connectivity index (χ0) is 35.1. The lowest BCUT2D eigenvalue weighted by atomic mass is 10.1. The number of nitriles is 1. The lowest BCUT2D eigenvalue weighted by Crippen LogP contribution is -2.24. The number of nitrogens with zero attached hydrogens (tertiary/aromatic N) is 2. The van der Waals surface area contributed by atoms with Gasteiger partial charge in [0.25, 0.3) is 5.91 Å². The molecule has 1 N–H and O–H groups in total. The van der Waals surface area contributed by atoms with Crippen LogP contribution in [0.5, 0.6) is 0 Å². The van der Waals surface area contributed by atoms with Crippen LogP contribution in [0, 0.1) is 23.7 Å². The molecule has 8 nitrogen and oxygen atoms in total. The molecule has 4 rings (SSSR count). The molecule has 0 radical (unpaired) electrons. The van der Waals surface area contributed by atoms with E-state index in [1.165, 1.54) is 17.4 Å². The Bertz CT molecular complexity index is 1820. The molecule has 0 saturated carbocycles. The summed E-state index contributed by atoms with van der Waals surface area (Å²) in [4.78, 5) is 41.3. The first-order valence-corrected chi connectivity index (χ1v) is 16.0. The number of thiophene rings is 1. The summed E-state index contributed by atoms with van der Waals surface area (Å²) >= 11 is 1.44. The van der Waals surface area contributed by atoms with Crippen LogP contribution >= 0.6 is 11.3 Å². The van der Waals surface area contributed by atoms with Crippen molar-refractivity contribution in [2.75, 3.05) is 11.4 Å². The Hall–Kier alpha value is -5.64. The van der Waals surface area contributed by atoms with E-state index >= 15 is 0 Å². The van der Waals surface area contributed by atoms with Crippen LogP contribution in [-0.2, 0) is 14.3 Å². The van der Waals surface area contributed by atoms with E-state index in [4.69, 9.17) is 15.9 Å². The van der Waals surface area contributed by atoms with Gasteiger partial charge in [-0.15, -0.1) is 17.8 Å². The molecular weight excluding hydrogens is 623 g/mol. The number of amides is 1. The Morgan fingerprint density at radius 3 is 1.65 bits per heavy atom. The third-order valence-electron chi connectivity index (χ3n) is 6.56. The topological polar surface area (TPSA) is 109 Å². The van der Waals surface area contributed by atoms with Crippen LogP contribution in [0.1, 0.15) is 67.1 Å². The number of rotatable bonds is 9. The van der Waals surface area contributed by atoms with Crippen molar-refractivity contribution in [2.24, 2.45) is 0 Å². The number of hydrogen-bond acceptors (Lipinski definition) is 8. The number of carbonyl (C=O) groups is 3. The quantitative estimate of drug-likeness (QED) is 0.0831. The highest BCUT2D eigenvalue weighted by molar-refractivity contribution is 7.16. The van der Waals surface area contributed by atoms with Gasteiger partial charge in [0.1, 0.15) is 22.8 Å². The van der Waals surface area contributed by atoms with Crippen molar-refractivity contribution < 1.29 is 23.9 Å². The van der Waals surface area contributed by atoms with Crippen molar-refractivity contribution >= 4 is 52.3 Å². The van der Waals surface area contributed by atoms with Crippen molar-refractivity contribution in [2.45, 2.75) is 52.7 Å². The van der Waals surface area contributed by atoms with Gasteiger partial charge in [-0.05, 0) is 126 Å². The molecule has 0 aliphatic rings. The Labute approximate surface area is 285 Å². The predicted molar refractivity (Wildman–Crippen MR) is 190 cm³/mol. The molecule has 48 heavy (non-hydrogen) atoms. The van der Waals surface area contributed by atoms with Crippen molar-refractivity contribution in [1.29, 1.82) is 5.26 Å². The van der Waals surface area contributed by atoms with E-state index in [1.807, 2.05) is 113 Å². The summed E-state index contributed by atoms with van der Waals surface area (Å²) in [7, 11) is 0. The van der Waals surface area contributed by atoms with Gasteiger partial charge >= 0.3 is 11.9 Å². The van der Waals surface area contributed by atoms with E-state index in [9.17, 15) is 19.6 Å². The summed E-state index contributed by atoms with van der Waals surface area (Å²) in [6.07, 6.45) is 6.74. The van der Waals surface area contributed by atoms with Gasteiger partial charge in [-0.1, -0.05) is 18.1 Å². The van der Waals surface area contributed by atoms with Crippen LogP contribution in [0.4, 0.5) is 17.1 Å². The summed E-state index contributed by atoms with van der Waals surface area (Å²) in [5.74, 6) is 0.981. The van der Waals surface area contributed by atoms with Crippen molar-refractivity contribution in [3.05, 3.63) is 107 Å². The standard InChI is InChI=1S/C39H37N3O5S/c1-8-23-41-35(43)29(25-40)24-33-21-22-34(48-33)26-9-15-30(16-10-26)42(31-17-11-27(12-18-31)36(44)46-38(2,3)4)32-19-13-28(14-20-32)37(45)47-39(5,6)7/h1,9-22,24H,23H2,2-7H3,(H,41,43)/b29-24+. The molecule has 1 aromatic heterocycles. The van der Waals surface area contributed by atoms with Gasteiger partial charge in [-0.2, -0.15) is 5.26 Å². The summed E-state index contributed by atoms with van der Waals surface area (Å²) in [5, 5.41) is 12.0. The third-order valence-corrected chi connectivity index (χ3v) is 7.64. The maximum absolute atomic E-state index is 12.7. The molecule has 0 aliphatic carbocycles. The van der Waals surface area contributed by atoms with Crippen LogP contribution in [0.15, 0.2) is 90.5 Å². The minimum absolute atomic E-state index is 0.0278. The Kier molecular flexibility index (Phi) is 10.9. The van der Waals surface area contributed by atoms with E-state index in [0.717, 1.165) is 32.4 Å². The van der Waals surface area contributed by atoms with Gasteiger partial charge in [0.15, 0.2) is 0 Å². The van der Waals surface area contributed by atoms with Crippen molar-refractivity contribution in [3.8, 4) is 28.9 Å². The maximum Gasteiger partial charge on any atom is 0.338 e. The Morgan fingerprint density at radius 1 is 0.771 bits per heavy atom. The minimum Gasteiger partial charge on any atom is -0.456 e. The van der Waals surface area contributed by atoms with Crippen molar-refractivity contribution in [1.82, 2.24) is 5.32 Å². The zero-order valence-electron chi connectivity index (χ0n) is 27.8. The smallest absolute Gasteiger partial charge is 0.338 e. The van der Waals surface area contributed by atoms with Crippen LogP contribution in [0.25, 0.3) is 16.5 Å². The van der Waals surface area contributed by atoms with E-state index in [2.05, 4.69) is 11.2 Å². The molecule has 4 aromatic rings. The van der Waals surface area contributed by atoms with Crippen LogP contribution in [0.3, 0.4) is 0 Å². The Morgan fingerprint density at radius 2 is 1.23 bits per heavy atom. The lowest BCUT2D eigenvalue weighted by molar-refractivity contribution is -0.116. The second kappa shape index (κ2) is 14.8. The molecule has 0 fully saturated rings. The van der Waals surface area contributed by atoms with Gasteiger partial charge in [0.2, 0.25) is 0 Å². The number of ether oxygens (including phenoxy) is 2. The molecule has 0 unspecified atom stereocenters. The average molecular weight is 660 g/mol. The molecule has 244 valence electrons. The number of benzene rings is 3. The maximum atomic E-state index is 12.7. The van der Waals surface area contributed by atoms with Crippen LogP contribution in [0.2, 0.25) is 0 Å². The van der Waals surface area contributed by atoms with Crippen LogP contribution in [-0.4, -0.2) is 35.6 Å². The van der Waals surface area contributed by atoms with Crippen LogP contribution < -0.4 is 10.2 Å². The van der Waals surface area contributed by atoms with Gasteiger partial charge in [0, 0.05) is 26.8 Å². The van der Waals surface area contributed by atoms with Gasteiger partial charge in [-0.25, -0.2) is 9.59 Å². The first-order valence-electron chi connectivity index (χ1n) is 15.2. The molecule has 0 bridgehead atoms. The summed E-state index contributed by atoms with van der Waals surface area (Å²) < 4.78 is 11.1. The molecule has 0 saturated heterocycles. The number of terminal acetylenes is 1. The zero-order valence-corrected chi connectivity index (χ0v) is 28.6. The number of hydrogen-bond donors (Lipinski definition) is 1. The average Bonchev–Trinajstić information content (AvgIpc) is 3.50. The van der Waals surface area contributed by atoms with E-state index in [1.54, 1.807) is 24.3 Å². The van der Waals surface area contributed by atoms with Crippen molar-refractivity contribution in [3.63, 3.8) is 0 Å². The first kappa shape index (κ1) is 35.2.